The van der Waals surface area contributed by atoms with Crippen LogP contribution >= 0.6 is 9.39 Å². The Labute approximate surface area is 98.6 Å². The molecule has 1 amide bonds. The summed E-state index contributed by atoms with van der Waals surface area (Å²) in [5.41, 5.74) is -0.840. The Bertz CT molecular complexity index is 276. The van der Waals surface area contributed by atoms with Crippen LogP contribution in [0.1, 0.15) is 40.5 Å². The Balaban J connectivity index is 2.91. The SMILES string of the molecule is CC1(C)CC(N(P)C(=O)O)CC(C)(C)N1O. The van der Waals surface area contributed by atoms with Crippen molar-refractivity contribution in [2.75, 3.05) is 0 Å². The van der Waals surface area contributed by atoms with E-state index < -0.39 is 17.2 Å². The molecule has 1 saturated heterocycles. The molecule has 2 N–H and O–H groups in total. The third-order valence-electron chi connectivity index (χ3n) is 3.23. The number of piperidine rings is 1. The zero-order valence-electron chi connectivity index (χ0n) is 10.3. The van der Waals surface area contributed by atoms with Crippen molar-refractivity contribution in [2.24, 2.45) is 0 Å². The molecule has 1 aliphatic rings. The molecule has 0 aromatic rings. The van der Waals surface area contributed by atoms with Gasteiger partial charge in [-0.15, -0.1) is 0 Å². The lowest BCUT2D eigenvalue weighted by Crippen LogP contribution is -2.62. The van der Waals surface area contributed by atoms with E-state index in [-0.39, 0.29) is 6.04 Å². The molecule has 0 aromatic carbocycles. The number of amides is 1. The van der Waals surface area contributed by atoms with Gasteiger partial charge in [-0.2, -0.15) is 5.06 Å². The van der Waals surface area contributed by atoms with Gasteiger partial charge in [-0.1, -0.05) is 0 Å². The van der Waals surface area contributed by atoms with Gasteiger partial charge in [0.05, 0.1) is 0 Å². The Hall–Kier alpha value is -0.380. The summed E-state index contributed by atoms with van der Waals surface area (Å²) in [5, 5.41) is 20.4. The third-order valence-corrected chi connectivity index (χ3v) is 3.87. The quantitative estimate of drug-likeness (QED) is 0.698. The number of rotatable bonds is 1. The van der Waals surface area contributed by atoms with Crippen LogP contribution in [0, 0.1) is 0 Å². The Morgan fingerprint density at radius 1 is 1.31 bits per heavy atom. The first kappa shape index (κ1) is 13.7. The normalized spacial score (nSPS) is 25.4. The molecule has 0 aliphatic carbocycles. The Kier molecular flexibility index (Phi) is 3.53. The summed E-state index contributed by atoms with van der Waals surface area (Å²) in [5.74, 6) is 0. The standard InChI is InChI=1S/C10H21N2O3P/c1-9(2)5-7(11(16)8(13)14)6-10(3,4)12(9)15/h7,15H,5-6,16H2,1-4H3,(H,13,14). The third kappa shape index (κ3) is 2.47. The van der Waals surface area contributed by atoms with Gasteiger partial charge in [0.25, 0.3) is 0 Å². The van der Waals surface area contributed by atoms with E-state index in [1.54, 1.807) is 0 Å². The molecule has 0 saturated carbocycles. The predicted octanol–water partition coefficient (Wildman–Crippen LogP) is 2.17. The van der Waals surface area contributed by atoms with Crippen LogP contribution in [0.5, 0.6) is 0 Å². The van der Waals surface area contributed by atoms with Crippen molar-refractivity contribution < 1.29 is 15.1 Å². The van der Waals surface area contributed by atoms with Crippen LogP contribution in [0.3, 0.4) is 0 Å². The summed E-state index contributed by atoms with van der Waals surface area (Å²) >= 11 is 0. The van der Waals surface area contributed by atoms with Crippen molar-refractivity contribution in [1.29, 1.82) is 0 Å². The van der Waals surface area contributed by atoms with E-state index in [4.69, 9.17) is 5.11 Å². The van der Waals surface area contributed by atoms with Gasteiger partial charge in [0.15, 0.2) is 0 Å². The molecule has 0 radical (unpaired) electrons. The Morgan fingerprint density at radius 2 is 1.69 bits per heavy atom. The highest BCUT2D eigenvalue weighted by atomic mass is 31.0. The molecular formula is C10H21N2O3P. The largest absolute Gasteiger partial charge is 0.465 e. The van der Waals surface area contributed by atoms with Crippen LogP contribution in [0.15, 0.2) is 0 Å². The number of hydrogen-bond donors (Lipinski definition) is 2. The second-order valence-electron chi connectivity index (χ2n) is 5.69. The summed E-state index contributed by atoms with van der Waals surface area (Å²) in [6, 6.07) is -0.0871. The fraction of sp³-hybridized carbons (Fsp3) is 0.900. The molecule has 1 unspecified atom stereocenters. The molecule has 1 fully saturated rings. The summed E-state index contributed by atoms with van der Waals surface area (Å²) in [6.07, 6.45) is 0.277. The minimum absolute atomic E-state index is 0.0871. The van der Waals surface area contributed by atoms with E-state index in [9.17, 15) is 10.0 Å². The van der Waals surface area contributed by atoms with Gasteiger partial charge < -0.3 is 10.3 Å². The fourth-order valence-corrected chi connectivity index (χ4v) is 2.78. The van der Waals surface area contributed by atoms with Crippen LogP contribution in [-0.2, 0) is 0 Å². The molecule has 1 atom stereocenters. The lowest BCUT2D eigenvalue weighted by molar-refractivity contribution is -0.248. The number of carboxylic acid groups (broad SMARTS) is 1. The monoisotopic (exact) mass is 248 g/mol. The van der Waals surface area contributed by atoms with Crippen LogP contribution in [0.25, 0.3) is 0 Å². The highest BCUT2D eigenvalue weighted by Gasteiger charge is 2.46. The van der Waals surface area contributed by atoms with Gasteiger partial charge >= 0.3 is 6.09 Å². The maximum atomic E-state index is 10.9. The average Bonchev–Trinajstić information content (AvgIpc) is 2.11. The van der Waals surface area contributed by atoms with E-state index in [1.165, 1.54) is 9.73 Å². The molecular weight excluding hydrogens is 227 g/mol. The molecule has 94 valence electrons. The highest BCUT2D eigenvalue weighted by Crippen LogP contribution is 2.39. The van der Waals surface area contributed by atoms with Crippen LogP contribution in [0.4, 0.5) is 4.79 Å². The molecule has 1 rings (SSSR count). The van der Waals surface area contributed by atoms with E-state index in [1.807, 2.05) is 27.7 Å². The predicted molar refractivity (Wildman–Crippen MR) is 64.4 cm³/mol. The van der Waals surface area contributed by atoms with Crippen molar-refractivity contribution in [3.8, 4) is 0 Å². The minimum atomic E-state index is -0.951. The second kappa shape index (κ2) is 4.13. The Morgan fingerprint density at radius 3 is 2.00 bits per heavy atom. The zero-order chi connectivity index (χ0) is 12.7. The minimum Gasteiger partial charge on any atom is -0.465 e. The summed E-state index contributed by atoms with van der Waals surface area (Å²) in [7, 11) is 2.24. The number of hydrogen-bond acceptors (Lipinski definition) is 3. The molecule has 0 aromatic heterocycles. The smallest absolute Gasteiger partial charge is 0.410 e. The van der Waals surface area contributed by atoms with Crippen molar-refractivity contribution in [2.45, 2.75) is 57.7 Å². The number of nitrogens with zero attached hydrogens (tertiary/aromatic N) is 2. The van der Waals surface area contributed by atoms with Gasteiger partial charge in [0.1, 0.15) is 0 Å². The van der Waals surface area contributed by atoms with Crippen molar-refractivity contribution in [1.82, 2.24) is 9.73 Å². The average molecular weight is 248 g/mol. The van der Waals surface area contributed by atoms with Crippen LogP contribution < -0.4 is 0 Å². The van der Waals surface area contributed by atoms with Gasteiger partial charge in [-0.3, -0.25) is 4.67 Å². The highest BCUT2D eigenvalue weighted by molar-refractivity contribution is 7.14. The first-order chi connectivity index (χ1) is 7.08. The molecule has 6 heteroatoms. The first-order valence-electron chi connectivity index (χ1n) is 5.34. The molecule has 16 heavy (non-hydrogen) atoms. The number of carbonyl (C=O) groups is 1. The molecule has 0 bridgehead atoms. The van der Waals surface area contributed by atoms with E-state index >= 15 is 0 Å². The van der Waals surface area contributed by atoms with Crippen molar-refractivity contribution in [3.05, 3.63) is 0 Å². The van der Waals surface area contributed by atoms with E-state index in [2.05, 4.69) is 9.39 Å². The summed E-state index contributed by atoms with van der Waals surface area (Å²) < 4.78 is 1.26. The van der Waals surface area contributed by atoms with Crippen LogP contribution in [-0.4, -0.2) is 43.3 Å². The van der Waals surface area contributed by atoms with E-state index in [0.717, 1.165) is 0 Å². The maximum absolute atomic E-state index is 10.9. The van der Waals surface area contributed by atoms with Gasteiger partial charge in [-0.05, 0) is 49.9 Å². The summed E-state index contributed by atoms with van der Waals surface area (Å²) in [6.45, 7) is 7.67. The molecule has 1 aliphatic heterocycles. The number of hydroxylamine groups is 2. The lowest BCUT2D eigenvalue weighted by Gasteiger charge is -2.52. The lowest BCUT2D eigenvalue weighted by atomic mass is 9.79. The maximum Gasteiger partial charge on any atom is 0.410 e. The van der Waals surface area contributed by atoms with Crippen LogP contribution in [0.2, 0.25) is 0 Å². The topological polar surface area (TPSA) is 64.0 Å². The van der Waals surface area contributed by atoms with Gasteiger partial charge in [-0.25, -0.2) is 4.79 Å². The van der Waals surface area contributed by atoms with Crippen molar-refractivity contribution >= 4 is 15.5 Å². The van der Waals surface area contributed by atoms with Crippen molar-refractivity contribution in [3.63, 3.8) is 0 Å². The second-order valence-corrected chi connectivity index (χ2v) is 6.24. The molecule has 5 nitrogen and oxygen atoms in total. The zero-order valence-corrected chi connectivity index (χ0v) is 11.4. The fourth-order valence-electron chi connectivity index (χ4n) is 2.57. The van der Waals surface area contributed by atoms with Gasteiger partial charge in [0, 0.05) is 17.1 Å². The first-order valence-corrected chi connectivity index (χ1v) is 5.85. The molecule has 1 heterocycles. The van der Waals surface area contributed by atoms with E-state index in [0.29, 0.717) is 12.8 Å². The molecule has 0 spiro atoms. The summed E-state index contributed by atoms with van der Waals surface area (Å²) in [4.78, 5) is 10.9. The van der Waals surface area contributed by atoms with Gasteiger partial charge in [0.2, 0.25) is 0 Å².